The number of rotatable bonds is 11. The number of hydrogen-bond donors (Lipinski definition) is 2. The predicted octanol–water partition coefficient (Wildman–Crippen LogP) is 4.40. The second-order valence-corrected chi connectivity index (χ2v) is 8.68. The summed E-state index contributed by atoms with van der Waals surface area (Å²) in [5, 5.41) is 4.04. The molecule has 9 nitrogen and oxygen atoms in total. The Kier molecular flexibility index (Phi) is 8.63. The SMILES string of the molecule is CCOc1ccc2c(C(=O)c3cc(OC)c(OC)c(OC)c3)cncc2c1NC(=O)[C@@H](N)Cc1ccccc1. The number of nitrogens with two attached hydrogens (primary N) is 1. The molecule has 3 N–H and O–H groups in total. The fourth-order valence-corrected chi connectivity index (χ4v) is 4.35. The molecule has 9 heteroatoms. The number of hydrogen-bond acceptors (Lipinski definition) is 8. The van der Waals surface area contributed by atoms with Gasteiger partial charge in [0, 0.05) is 28.9 Å². The lowest BCUT2D eigenvalue weighted by atomic mass is 9.97. The Morgan fingerprint density at radius 3 is 2.21 bits per heavy atom. The second kappa shape index (κ2) is 12.3. The van der Waals surface area contributed by atoms with Crippen molar-refractivity contribution in [3.63, 3.8) is 0 Å². The van der Waals surface area contributed by atoms with Gasteiger partial charge < -0.3 is 30.0 Å². The third-order valence-corrected chi connectivity index (χ3v) is 6.26. The average molecular weight is 530 g/mol. The number of anilines is 1. The number of amides is 1. The van der Waals surface area contributed by atoms with Crippen molar-refractivity contribution in [3.8, 4) is 23.0 Å². The zero-order chi connectivity index (χ0) is 27.9. The van der Waals surface area contributed by atoms with Crippen molar-refractivity contribution in [2.24, 2.45) is 5.73 Å². The number of methoxy groups -OCH3 is 3. The van der Waals surface area contributed by atoms with Gasteiger partial charge in [-0.25, -0.2) is 0 Å². The molecule has 4 aromatic rings. The Labute approximate surface area is 226 Å². The van der Waals surface area contributed by atoms with Gasteiger partial charge in [-0.2, -0.15) is 0 Å². The van der Waals surface area contributed by atoms with Crippen LogP contribution in [0.2, 0.25) is 0 Å². The van der Waals surface area contributed by atoms with Gasteiger partial charge in [0.25, 0.3) is 0 Å². The molecule has 0 aliphatic carbocycles. The van der Waals surface area contributed by atoms with Crippen LogP contribution in [0, 0.1) is 0 Å². The molecule has 0 aliphatic rings. The van der Waals surface area contributed by atoms with Gasteiger partial charge in [0.1, 0.15) is 5.75 Å². The lowest BCUT2D eigenvalue weighted by molar-refractivity contribution is -0.117. The van der Waals surface area contributed by atoms with Crippen LogP contribution in [0.1, 0.15) is 28.4 Å². The molecule has 39 heavy (non-hydrogen) atoms. The summed E-state index contributed by atoms with van der Waals surface area (Å²) in [6.07, 6.45) is 3.44. The first kappa shape index (κ1) is 27.4. The lowest BCUT2D eigenvalue weighted by Gasteiger charge is -2.18. The van der Waals surface area contributed by atoms with E-state index in [0.29, 0.717) is 63.6 Å². The quantitative estimate of drug-likeness (QED) is 0.274. The van der Waals surface area contributed by atoms with Crippen molar-refractivity contribution in [2.75, 3.05) is 33.3 Å². The fraction of sp³-hybridized carbons (Fsp3) is 0.233. The maximum Gasteiger partial charge on any atom is 0.241 e. The number of nitrogens with zero attached hydrogens (tertiary/aromatic N) is 1. The largest absolute Gasteiger partial charge is 0.493 e. The zero-order valence-corrected chi connectivity index (χ0v) is 22.3. The van der Waals surface area contributed by atoms with E-state index >= 15 is 0 Å². The monoisotopic (exact) mass is 529 g/mol. The van der Waals surface area contributed by atoms with E-state index in [4.69, 9.17) is 24.7 Å². The van der Waals surface area contributed by atoms with Crippen molar-refractivity contribution < 1.29 is 28.5 Å². The lowest BCUT2D eigenvalue weighted by Crippen LogP contribution is -2.37. The highest BCUT2D eigenvalue weighted by Gasteiger charge is 2.23. The first-order chi connectivity index (χ1) is 18.9. The molecule has 1 heterocycles. The summed E-state index contributed by atoms with van der Waals surface area (Å²) in [5.41, 5.74) is 8.24. The van der Waals surface area contributed by atoms with E-state index in [9.17, 15) is 9.59 Å². The summed E-state index contributed by atoms with van der Waals surface area (Å²) in [6, 6.07) is 15.4. The van der Waals surface area contributed by atoms with Gasteiger partial charge in [-0.05, 0) is 48.6 Å². The molecule has 0 spiro atoms. The summed E-state index contributed by atoms with van der Waals surface area (Å²) in [5.74, 6) is 0.846. The molecule has 0 unspecified atom stereocenters. The summed E-state index contributed by atoms with van der Waals surface area (Å²) in [6.45, 7) is 2.22. The summed E-state index contributed by atoms with van der Waals surface area (Å²) >= 11 is 0. The molecule has 4 rings (SSSR count). The normalized spacial score (nSPS) is 11.5. The number of carbonyl (C=O) groups excluding carboxylic acids is 2. The number of fused-ring (bicyclic) bond motifs is 1. The third kappa shape index (κ3) is 5.78. The molecular weight excluding hydrogens is 498 g/mol. The minimum absolute atomic E-state index is 0.311. The average Bonchev–Trinajstić information content (AvgIpc) is 2.97. The van der Waals surface area contributed by atoms with E-state index in [1.807, 2.05) is 37.3 Å². The van der Waals surface area contributed by atoms with Crippen LogP contribution in [-0.2, 0) is 11.2 Å². The van der Waals surface area contributed by atoms with E-state index in [-0.39, 0.29) is 11.7 Å². The highest BCUT2D eigenvalue weighted by molar-refractivity contribution is 6.19. The van der Waals surface area contributed by atoms with Crippen LogP contribution in [0.5, 0.6) is 23.0 Å². The zero-order valence-electron chi connectivity index (χ0n) is 22.3. The number of benzene rings is 3. The second-order valence-electron chi connectivity index (χ2n) is 8.68. The highest BCUT2D eigenvalue weighted by atomic mass is 16.5. The highest BCUT2D eigenvalue weighted by Crippen LogP contribution is 2.40. The van der Waals surface area contributed by atoms with Crippen LogP contribution >= 0.6 is 0 Å². The smallest absolute Gasteiger partial charge is 0.241 e. The van der Waals surface area contributed by atoms with Crippen LogP contribution in [-0.4, -0.2) is 50.7 Å². The molecule has 0 bridgehead atoms. The molecule has 1 aromatic heterocycles. The topological polar surface area (TPSA) is 122 Å². The number of pyridine rings is 1. The molecule has 0 saturated carbocycles. The first-order valence-corrected chi connectivity index (χ1v) is 12.4. The molecule has 3 aromatic carbocycles. The molecule has 1 atom stereocenters. The van der Waals surface area contributed by atoms with Crippen LogP contribution in [0.25, 0.3) is 10.8 Å². The van der Waals surface area contributed by atoms with Crippen molar-refractivity contribution in [3.05, 3.63) is 83.7 Å². The number of nitrogens with one attached hydrogen (secondary N) is 1. The predicted molar refractivity (Wildman–Crippen MR) is 149 cm³/mol. The fourth-order valence-electron chi connectivity index (χ4n) is 4.35. The van der Waals surface area contributed by atoms with E-state index < -0.39 is 6.04 Å². The van der Waals surface area contributed by atoms with E-state index in [1.165, 1.54) is 27.5 Å². The van der Waals surface area contributed by atoms with E-state index in [2.05, 4.69) is 10.3 Å². The molecule has 0 fully saturated rings. The molecule has 1 amide bonds. The van der Waals surface area contributed by atoms with Crippen LogP contribution < -0.4 is 30.0 Å². The van der Waals surface area contributed by atoms with Gasteiger partial charge in [0.05, 0.1) is 39.7 Å². The van der Waals surface area contributed by atoms with Gasteiger partial charge in [0.2, 0.25) is 11.7 Å². The Morgan fingerprint density at radius 1 is 0.897 bits per heavy atom. The molecule has 0 aliphatic heterocycles. The summed E-state index contributed by atoms with van der Waals surface area (Å²) in [4.78, 5) is 31.2. The van der Waals surface area contributed by atoms with Gasteiger partial charge >= 0.3 is 0 Å². The number of aromatic nitrogens is 1. The van der Waals surface area contributed by atoms with Gasteiger partial charge in [-0.1, -0.05) is 30.3 Å². The standard InChI is InChI=1S/C30H31N3O6/c1-5-39-24-12-11-20-21(27(24)33-30(35)23(31)13-18-9-7-6-8-10-18)16-32-17-22(20)28(34)19-14-25(36-2)29(38-4)26(15-19)37-3/h6-12,14-17,23H,5,13,31H2,1-4H3,(H,33,35)/t23-/m0/s1. The van der Waals surface area contributed by atoms with E-state index in [0.717, 1.165) is 5.56 Å². The molecule has 202 valence electrons. The summed E-state index contributed by atoms with van der Waals surface area (Å²) < 4.78 is 22.0. The summed E-state index contributed by atoms with van der Waals surface area (Å²) in [7, 11) is 4.46. The van der Waals surface area contributed by atoms with Crippen molar-refractivity contribution >= 4 is 28.2 Å². The van der Waals surface area contributed by atoms with Crippen molar-refractivity contribution in [1.82, 2.24) is 4.98 Å². The maximum atomic E-state index is 13.7. The number of carbonyl (C=O) groups is 2. The Morgan fingerprint density at radius 2 is 1.59 bits per heavy atom. The van der Waals surface area contributed by atoms with Crippen molar-refractivity contribution in [1.29, 1.82) is 0 Å². The Balaban J connectivity index is 1.75. The van der Waals surface area contributed by atoms with Crippen LogP contribution in [0.3, 0.4) is 0 Å². The van der Waals surface area contributed by atoms with Crippen LogP contribution in [0.15, 0.2) is 67.0 Å². The van der Waals surface area contributed by atoms with E-state index in [1.54, 1.807) is 30.5 Å². The number of ether oxygens (including phenoxy) is 4. The van der Waals surface area contributed by atoms with Gasteiger partial charge in [-0.15, -0.1) is 0 Å². The minimum atomic E-state index is -0.797. The number of ketones is 1. The Bertz CT molecular complexity index is 1460. The third-order valence-electron chi connectivity index (χ3n) is 6.26. The Hall–Kier alpha value is -4.63. The minimum Gasteiger partial charge on any atom is -0.493 e. The molecular formula is C30H31N3O6. The maximum absolute atomic E-state index is 13.7. The van der Waals surface area contributed by atoms with Gasteiger partial charge in [0.15, 0.2) is 17.3 Å². The van der Waals surface area contributed by atoms with Crippen molar-refractivity contribution in [2.45, 2.75) is 19.4 Å². The van der Waals surface area contributed by atoms with Gasteiger partial charge in [-0.3, -0.25) is 14.6 Å². The van der Waals surface area contributed by atoms with Crippen LogP contribution in [0.4, 0.5) is 5.69 Å². The molecule has 0 radical (unpaired) electrons. The first-order valence-electron chi connectivity index (χ1n) is 12.4. The molecule has 0 saturated heterocycles.